The SMILES string of the molecule is CC(F)(F)C(O)c1csc(C(=O)c2c[nH]c3ccccc23)n1. The van der Waals surface area contributed by atoms with Crippen LogP contribution in [0, 0.1) is 0 Å². The number of nitrogens with zero attached hydrogens (tertiary/aromatic N) is 1. The molecule has 1 atom stereocenters. The van der Waals surface area contributed by atoms with E-state index in [2.05, 4.69) is 9.97 Å². The van der Waals surface area contributed by atoms with Crippen LogP contribution in [0.25, 0.3) is 10.9 Å². The second kappa shape index (κ2) is 5.26. The Bertz CT molecular complexity index is 835. The molecule has 0 fully saturated rings. The van der Waals surface area contributed by atoms with Crippen LogP contribution in [0.3, 0.4) is 0 Å². The number of aliphatic hydroxyl groups is 1. The molecule has 0 radical (unpaired) electrons. The minimum Gasteiger partial charge on any atom is -0.380 e. The Morgan fingerprint density at radius 3 is 2.86 bits per heavy atom. The predicted octanol–water partition coefficient (Wildman–Crippen LogP) is 3.54. The first-order valence-corrected chi connectivity index (χ1v) is 7.38. The van der Waals surface area contributed by atoms with Crippen LogP contribution >= 0.6 is 11.3 Å². The van der Waals surface area contributed by atoms with Gasteiger partial charge < -0.3 is 10.1 Å². The Morgan fingerprint density at radius 2 is 2.14 bits per heavy atom. The van der Waals surface area contributed by atoms with Gasteiger partial charge in [-0.1, -0.05) is 18.2 Å². The lowest BCUT2D eigenvalue weighted by Crippen LogP contribution is -2.22. The van der Waals surface area contributed by atoms with E-state index in [4.69, 9.17) is 0 Å². The fourth-order valence-electron chi connectivity index (χ4n) is 2.15. The predicted molar refractivity (Wildman–Crippen MR) is 79.4 cm³/mol. The molecule has 7 heteroatoms. The number of benzene rings is 1. The number of aromatic nitrogens is 2. The third-order valence-electron chi connectivity index (χ3n) is 3.31. The van der Waals surface area contributed by atoms with Crippen molar-refractivity contribution >= 4 is 28.0 Å². The molecule has 3 aromatic rings. The second-order valence-electron chi connectivity index (χ2n) is 5.01. The van der Waals surface area contributed by atoms with Gasteiger partial charge in [-0.2, -0.15) is 0 Å². The maximum Gasteiger partial charge on any atom is 0.276 e. The van der Waals surface area contributed by atoms with Crippen molar-refractivity contribution in [1.82, 2.24) is 9.97 Å². The normalized spacial score (nSPS) is 13.5. The van der Waals surface area contributed by atoms with Crippen LogP contribution < -0.4 is 0 Å². The van der Waals surface area contributed by atoms with Gasteiger partial charge in [0.05, 0.1) is 11.3 Å². The topological polar surface area (TPSA) is 66.0 Å². The molecule has 0 saturated carbocycles. The van der Waals surface area contributed by atoms with Gasteiger partial charge in [-0.25, -0.2) is 13.8 Å². The van der Waals surface area contributed by atoms with E-state index in [1.54, 1.807) is 12.3 Å². The molecule has 22 heavy (non-hydrogen) atoms. The van der Waals surface area contributed by atoms with Gasteiger partial charge in [0, 0.05) is 29.4 Å². The van der Waals surface area contributed by atoms with E-state index in [0.717, 1.165) is 22.2 Å². The van der Waals surface area contributed by atoms with Gasteiger partial charge in [0.2, 0.25) is 5.78 Å². The van der Waals surface area contributed by atoms with E-state index < -0.39 is 12.0 Å². The molecular formula is C15H12F2N2O2S. The third-order valence-corrected chi connectivity index (χ3v) is 4.17. The van der Waals surface area contributed by atoms with Gasteiger partial charge in [-0.3, -0.25) is 4.79 Å². The first-order chi connectivity index (χ1) is 10.4. The van der Waals surface area contributed by atoms with Gasteiger partial charge in [0.15, 0.2) is 11.1 Å². The highest BCUT2D eigenvalue weighted by molar-refractivity contribution is 7.12. The fourth-order valence-corrected chi connectivity index (χ4v) is 2.94. The summed E-state index contributed by atoms with van der Waals surface area (Å²) >= 11 is 0.941. The summed E-state index contributed by atoms with van der Waals surface area (Å²) in [4.78, 5) is 19.3. The summed E-state index contributed by atoms with van der Waals surface area (Å²) < 4.78 is 26.2. The van der Waals surface area contributed by atoms with Gasteiger partial charge >= 0.3 is 0 Å². The molecule has 1 aromatic carbocycles. The number of hydrogen-bond acceptors (Lipinski definition) is 4. The minimum atomic E-state index is -3.31. The minimum absolute atomic E-state index is 0.0723. The average Bonchev–Trinajstić information content (AvgIpc) is 3.12. The number of nitrogens with one attached hydrogen (secondary N) is 1. The maximum atomic E-state index is 13.1. The number of fused-ring (bicyclic) bond motifs is 1. The number of para-hydroxylation sites is 1. The van der Waals surface area contributed by atoms with Crippen molar-refractivity contribution in [2.45, 2.75) is 19.0 Å². The molecule has 4 nitrogen and oxygen atoms in total. The summed E-state index contributed by atoms with van der Waals surface area (Å²) in [7, 11) is 0. The van der Waals surface area contributed by atoms with Crippen molar-refractivity contribution in [3.8, 4) is 0 Å². The summed E-state index contributed by atoms with van der Waals surface area (Å²) in [5.41, 5.74) is 1.04. The molecule has 0 bridgehead atoms. The Morgan fingerprint density at radius 1 is 1.41 bits per heavy atom. The summed E-state index contributed by atoms with van der Waals surface area (Å²) in [6.45, 7) is 0.609. The molecule has 2 heterocycles. The first kappa shape index (κ1) is 14.8. The van der Waals surface area contributed by atoms with Crippen molar-refractivity contribution in [1.29, 1.82) is 0 Å². The zero-order chi connectivity index (χ0) is 15.9. The number of halogens is 2. The number of carbonyl (C=O) groups excluding carboxylic acids is 1. The number of aromatic amines is 1. The molecule has 3 rings (SSSR count). The van der Waals surface area contributed by atoms with E-state index in [1.807, 2.05) is 18.2 Å². The van der Waals surface area contributed by atoms with Crippen molar-refractivity contribution in [2.75, 3.05) is 0 Å². The molecule has 2 aromatic heterocycles. The van der Waals surface area contributed by atoms with E-state index >= 15 is 0 Å². The standard InChI is InChI=1S/C15H12F2N2O2S/c1-15(16,17)13(21)11-7-22-14(19-11)12(20)9-6-18-10-5-3-2-4-8(9)10/h2-7,13,18,21H,1H3. The van der Waals surface area contributed by atoms with Crippen LogP contribution in [0.15, 0.2) is 35.8 Å². The van der Waals surface area contributed by atoms with Crippen LogP contribution in [0.1, 0.15) is 34.1 Å². The molecular weight excluding hydrogens is 310 g/mol. The lowest BCUT2D eigenvalue weighted by atomic mass is 10.1. The number of rotatable bonds is 4. The van der Waals surface area contributed by atoms with Crippen LogP contribution in [0.5, 0.6) is 0 Å². The second-order valence-corrected chi connectivity index (χ2v) is 5.87. The van der Waals surface area contributed by atoms with Crippen molar-refractivity contribution in [2.24, 2.45) is 0 Å². The van der Waals surface area contributed by atoms with Crippen molar-refractivity contribution in [3.63, 3.8) is 0 Å². The van der Waals surface area contributed by atoms with Crippen molar-refractivity contribution < 1.29 is 18.7 Å². The summed E-state index contributed by atoms with van der Waals surface area (Å²) in [5, 5.41) is 11.6. The molecule has 0 amide bonds. The number of hydrogen-bond donors (Lipinski definition) is 2. The summed E-state index contributed by atoms with van der Waals surface area (Å²) in [6.07, 6.45) is -0.452. The number of ketones is 1. The first-order valence-electron chi connectivity index (χ1n) is 6.50. The fraction of sp³-hybridized carbons (Fsp3) is 0.200. The molecule has 2 N–H and O–H groups in total. The van der Waals surface area contributed by atoms with Crippen LogP contribution in [0.4, 0.5) is 8.78 Å². The zero-order valence-corrected chi connectivity index (χ0v) is 12.3. The highest BCUT2D eigenvalue weighted by Gasteiger charge is 2.35. The quantitative estimate of drug-likeness (QED) is 0.722. The molecule has 0 aliphatic heterocycles. The van der Waals surface area contributed by atoms with E-state index in [9.17, 15) is 18.7 Å². The number of alkyl halides is 2. The highest BCUT2D eigenvalue weighted by Crippen LogP contribution is 2.32. The number of aliphatic hydroxyl groups excluding tert-OH is 1. The summed E-state index contributed by atoms with van der Waals surface area (Å²) in [6, 6.07) is 7.28. The maximum absolute atomic E-state index is 13.1. The zero-order valence-electron chi connectivity index (χ0n) is 11.5. The highest BCUT2D eigenvalue weighted by atomic mass is 32.1. The molecule has 1 unspecified atom stereocenters. The lowest BCUT2D eigenvalue weighted by Gasteiger charge is -2.15. The Kier molecular flexibility index (Phi) is 3.54. The molecule has 0 aliphatic carbocycles. The van der Waals surface area contributed by atoms with Gasteiger partial charge in [0.1, 0.15) is 0 Å². The molecule has 0 saturated heterocycles. The monoisotopic (exact) mass is 322 g/mol. The third kappa shape index (κ3) is 2.53. The average molecular weight is 322 g/mol. The van der Waals surface area contributed by atoms with Gasteiger partial charge in [-0.05, 0) is 6.07 Å². The van der Waals surface area contributed by atoms with Crippen LogP contribution in [-0.2, 0) is 0 Å². The van der Waals surface area contributed by atoms with Crippen LogP contribution in [0.2, 0.25) is 0 Å². The van der Waals surface area contributed by atoms with Gasteiger partial charge in [0.25, 0.3) is 5.92 Å². The largest absolute Gasteiger partial charge is 0.380 e. The van der Waals surface area contributed by atoms with Crippen LogP contribution in [-0.4, -0.2) is 26.8 Å². The molecule has 114 valence electrons. The van der Waals surface area contributed by atoms with E-state index in [1.165, 1.54) is 5.38 Å². The lowest BCUT2D eigenvalue weighted by molar-refractivity contribution is -0.0969. The van der Waals surface area contributed by atoms with E-state index in [0.29, 0.717) is 12.5 Å². The Labute approximate surface area is 128 Å². The molecule has 0 aliphatic rings. The molecule has 0 spiro atoms. The smallest absolute Gasteiger partial charge is 0.276 e. The Balaban J connectivity index is 1.95. The van der Waals surface area contributed by atoms with E-state index in [-0.39, 0.29) is 16.5 Å². The summed E-state index contributed by atoms with van der Waals surface area (Å²) in [5.74, 6) is -3.67. The number of thiazole rings is 1. The van der Waals surface area contributed by atoms with Crippen molar-refractivity contribution in [3.05, 3.63) is 52.1 Å². The Hall–Kier alpha value is -2.12. The number of H-pyrrole nitrogens is 1. The van der Waals surface area contributed by atoms with Gasteiger partial charge in [-0.15, -0.1) is 11.3 Å². The number of carbonyl (C=O) groups is 1.